The van der Waals surface area contributed by atoms with Gasteiger partial charge in [0.1, 0.15) is 5.69 Å². The largest absolute Gasteiger partial charge is 0.368 e. The SMILES string of the molecule is Cc1cccc(N2CCN(C(=O)c3cccn3C)CC2)c1C. The summed E-state index contributed by atoms with van der Waals surface area (Å²) in [5, 5.41) is 0. The van der Waals surface area contributed by atoms with E-state index in [9.17, 15) is 4.79 Å². The second kappa shape index (κ2) is 5.87. The maximum atomic E-state index is 12.5. The molecular formula is C18H23N3O. The highest BCUT2D eigenvalue weighted by Gasteiger charge is 2.24. The van der Waals surface area contributed by atoms with Crippen molar-refractivity contribution in [2.24, 2.45) is 7.05 Å². The van der Waals surface area contributed by atoms with E-state index in [0.29, 0.717) is 0 Å². The second-order valence-corrected chi connectivity index (χ2v) is 6.00. The Morgan fingerprint density at radius 1 is 1.00 bits per heavy atom. The Morgan fingerprint density at radius 2 is 1.73 bits per heavy atom. The molecule has 1 fully saturated rings. The van der Waals surface area contributed by atoms with Crippen molar-refractivity contribution in [2.75, 3.05) is 31.1 Å². The highest BCUT2D eigenvalue weighted by atomic mass is 16.2. The number of nitrogens with zero attached hydrogens (tertiary/aromatic N) is 3. The van der Waals surface area contributed by atoms with E-state index in [-0.39, 0.29) is 5.91 Å². The number of anilines is 1. The molecule has 1 amide bonds. The fourth-order valence-electron chi connectivity index (χ4n) is 3.07. The van der Waals surface area contributed by atoms with Crippen LogP contribution >= 0.6 is 0 Å². The topological polar surface area (TPSA) is 28.5 Å². The Labute approximate surface area is 132 Å². The predicted octanol–water partition coefficient (Wildman–Crippen LogP) is 2.60. The molecule has 1 aliphatic rings. The molecule has 1 aromatic heterocycles. The highest BCUT2D eigenvalue weighted by molar-refractivity contribution is 5.93. The molecule has 0 N–H and O–H groups in total. The number of amides is 1. The fraction of sp³-hybridized carbons (Fsp3) is 0.389. The number of rotatable bonds is 2. The third-order valence-electron chi connectivity index (χ3n) is 4.65. The molecule has 2 heterocycles. The van der Waals surface area contributed by atoms with Crippen molar-refractivity contribution in [1.82, 2.24) is 9.47 Å². The zero-order valence-corrected chi connectivity index (χ0v) is 13.5. The maximum Gasteiger partial charge on any atom is 0.270 e. The molecular weight excluding hydrogens is 274 g/mol. The van der Waals surface area contributed by atoms with E-state index in [1.54, 1.807) is 0 Å². The van der Waals surface area contributed by atoms with E-state index < -0.39 is 0 Å². The molecule has 0 radical (unpaired) electrons. The summed E-state index contributed by atoms with van der Waals surface area (Å²) in [6.07, 6.45) is 1.92. The Bertz CT molecular complexity index is 681. The van der Waals surface area contributed by atoms with Gasteiger partial charge in [-0.1, -0.05) is 12.1 Å². The van der Waals surface area contributed by atoms with Crippen LogP contribution in [0.15, 0.2) is 36.5 Å². The van der Waals surface area contributed by atoms with Crippen LogP contribution in [0.1, 0.15) is 21.6 Å². The highest BCUT2D eigenvalue weighted by Crippen LogP contribution is 2.24. The van der Waals surface area contributed by atoms with Crippen molar-refractivity contribution >= 4 is 11.6 Å². The van der Waals surface area contributed by atoms with Gasteiger partial charge in [-0.15, -0.1) is 0 Å². The van der Waals surface area contributed by atoms with Crippen LogP contribution < -0.4 is 4.90 Å². The van der Waals surface area contributed by atoms with Crippen molar-refractivity contribution in [3.63, 3.8) is 0 Å². The smallest absolute Gasteiger partial charge is 0.270 e. The Kier molecular flexibility index (Phi) is 3.92. The summed E-state index contributed by atoms with van der Waals surface area (Å²) in [7, 11) is 1.92. The molecule has 0 atom stereocenters. The lowest BCUT2D eigenvalue weighted by molar-refractivity contribution is 0.0737. The quantitative estimate of drug-likeness (QED) is 0.852. The van der Waals surface area contributed by atoms with Gasteiger partial charge in [-0.3, -0.25) is 4.79 Å². The number of aromatic nitrogens is 1. The summed E-state index contributed by atoms with van der Waals surface area (Å²) in [5.41, 5.74) is 4.72. The van der Waals surface area contributed by atoms with Crippen LogP contribution in [0, 0.1) is 13.8 Å². The molecule has 0 unspecified atom stereocenters. The first-order chi connectivity index (χ1) is 10.6. The third kappa shape index (κ3) is 2.61. The number of benzene rings is 1. The van der Waals surface area contributed by atoms with Crippen LogP contribution in [0.5, 0.6) is 0 Å². The molecule has 0 spiro atoms. The van der Waals surface area contributed by atoms with Crippen molar-refractivity contribution in [3.05, 3.63) is 53.3 Å². The minimum absolute atomic E-state index is 0.133. The van der Waals surface area contributed by atoms with E-state index in [0.717, 1.165) is 31.9 Å². The minimum Gasteiger partial charge on any atom is -0.368 e. The first-order valence-corrected chi connectivity index (χ1v) is 7.79. The average Bonchev–Trinajstić information content (AvgIpc) is 2.96. The van der Waals surface area contributed by atoms with Crippen LogP contribution in [0.2, 0.25) is 0 Å². The normalized spacial score (nSPS) is 15.2. The minimum atomic E-state index is 0.133. The van der Waals surface area contributed by atoms with Crippen LogP contribution in [0.4, 0.5) is 5.69 Å². The summed E-state index contributed by atoms with van der Waals surface area (Å²) in [5.74, 6) is 0.133. The Hall–Kier alpha value is -2.23. The van der Waals surface area contributed by atoms with Crippen LogP contribution in [0.25, 0.3) is 0 Å². The number of aryl methyl sites for hydroxylation is 2. The summed E-state index contributed by atoms with van der Waals surface area (Å²) in [6.45, 7) is 7.65. The first kappa shape index (κ1) is 14.7. The van der Waals surface area contributed by atoms with Gasteiger partial charge in [0.05, 0.1) is 0 Å². The number of piperazine rings is 1. The lowest BCUT2D eigenvalue weighted by atomic mass is 10.1. The summed E-state index contributed by atoms with van der Waals surface area (Å²) >= 11 is 0. The lowest BCUT2D eigenvalue weighted by Crippen LogP contribution is -2.49. The van der Waals surface area contributed by atoms with E-state index in [2.05, 4.69) is 36.9 Å². The zero-order chi connectivity index (χ0) is 15.7. The average molecular weight is 297 g/mol. The lowest BCUT2D eigenvalue weighted by Gasteiger charge is -2.37. The molecule has 116 valence electrons. The molecule has 0 aliphatic carbocycles. The van der Waals surface area contributed by atoms with Crippen LogP contribution in [-0.2, 0) is 7.05 Å². The molecule has 22 heavy (non-hydrogen) atoms. The Balaban J connectivity index is 1.69. The van der Waals surface area contributed by atoms with Gasteiger partial charge in [-0.05, 0) is 43.2 Å². The monoisotopic (exact) mass is 297 g/mol. The van der Waals surface area contributed by atoms with Crippen molar-refractivity contribution in [2.45, 2.75) is 13.8 Å². The number of hydrogen-bond acceptors (Lipinski definition) is 2. The van der Waals surface area contributed by atoms with Gasteiger partial charge >= 0.3 is 0 Å². The zero-order valence-electron chi connectivity index (χ0n) is 13.5. The maximum absolute atomic E-state index is 12.5. The van der Waals surface area contributed by atoms with Crippen LogP contribution in [-0.4, -0.2) is 41.6 Å². The van der Waals surface area contributed by atoms with Gasteiger partial charge in [0, 0.05) is 45.1 Å². The van der Waals surface area contributed by atoms with Crippen molar-refractivity contribution in [3.8, 4) is 0 Å². The molecule has 3 rings (SSSR count). The molecule has 1 aromatic carbocycles. The van der Waals surface area contributed by atoms with E-state index >= 15 is 0 Å². The van der Waals surface area contributed by atoms with Crippen molar-refractivity contribution < 1.29 is 4.79 Å². The Morgan fingerprint density at radius 3 is 2.36 bits per heavy atom. The van der Waals surface area contributed by atoms with Gasteiger partial charge < -0.3 is 14.4 Å². The fourth-order valence-corrected chi connectivity index (χ4v) is 3.07. The van der Waals surface area contributed by atoms with E-state index in [1.165, 1.54) is 16.8 Å². The molecule has 0 bridgehead atoms. The van der Waals surface area contributed by atoms with Crippen LogP contribution in [0.3, 0.4) is 0 Å². The third-order valence-corrected chi connectivity index (χ3v) is 4.65. The molecule has 0 saturated carbocycles. The first-order valence-electron chi connectivity index (χ1n) is 7.79. The molecule has 4 nitrogen and oxygen atoms in total. The van der Waals surface area contributed by atoms with Gasteiger partial charge in [0.2, 0.25) is 0 Å². The number of carbonyl (C=O) groups is 1. The van der Waals surface area contributed by atoms with Gasteiger partial charge in [-0.25, -0.2) is 0 Å². The van der Waals surface area contributed by atoms with Gasteiger partial charge in [-0.2, -0.15) is 0 Å². The van der Waals surface area contributed by atoms with E-state index in [1.807, 2.05) is 34.8 Å². The molecule has 1 saturated heterocycles. The number of hydrogen-bond donors (Lipinski definition) is 0. The van der Waals surface area contributed by atoms with Gasteiger partial charge in [0.25, 0.3) is 5.91 Å². The van der Waals surface area contributed by atoms with E-state index in [4.69, 9.17) is 0 Å². The second-order valence-electron chi connectivity index (χ2n) is 6.00. The number of carbonyl (C=O) groups excluding carboxylic acids is 1. The predicted molar refractivity (Wildman–Crippen MR) is 89.4 cm³/mol. The molecule has 2 aromatic rings. The summed E-state index contributed by atoms with van der Waals surface area (Å²) < 4.78 is 1.89. The standard InChI is InChI=1S/C18H23N3O/c1-14-6-4-7-16(15(14)2)20-10-12-21(13-11-20)18(22)17-8-5-9-19(17)3/h4-9H,10-13H2,1-3H3. The molecule has 1 aliphatic heterocycles. The van der Waals surface area contributed by atoms with Gasteiger partial charge in [0.15, 0.2) is 0 Å². The van der Waals surface area contributed by atoms with Crippen molar-refractivity contribution in [1.29, 1.82) is 0 Å². The molecule has 4 heteroatoms. The summed E-state index contributed by atoms with van der Waals surface area (Å²) in [6, 6.07) is 10.2. The summed E-state index contributed by atoms with van der Waals surface area (Å²) in [4.78, 5) is 16.9.